The first-order valence-electron chi connectivity index (χ1n) is 4.88. The van der Waals surface area contributed by atoms with Crippen molar-refractivity contribution >= 4 is 11.7 Å². The molecular weight excluding hydrogens is 224 g/mol. The largest absolute Gasteiger partial charge is 0.476 e. The Morgan fingerprint density at radius 3 is 3.06 bits per heavy atom. The van der Waals surface area contributed by atoms with Gasteiger partial charge in [-0.3, -0.25) is 0 Å². The monoisotopic (exact) mass is 234 g/mol. The summed E-state index contributed by atoms with van der Waals surface area (Å²) >= 11 is 0. The van der Waals surface area contributed by atoms with Crippen molar-refractivity contribution in [1.29, 1.82) is 0 Å². The van der Waals surface area contributed by atoms with E-state index in [0.717, 1.165) is 0 Å². The van der Waals surface area contributed by atoms with E-state index < -0.39 is 5.97 Å². The third kappa shape index (κ3) is 2.57. The maximum atomic E-state index is 10.9. The SMILES string of the molecule is Cc1nc(CNc2cccnc2C(=O)O)no1. The summed E-state index contributed by atoms with van der Waals surface area (Å²) in [7, 11) is 0. The number of carboxylic acids is 1. The second-order valence-electron chi connectivity index (χ2n) is 3.29. The van der Waals surface area contributed by atoms with Crippen molar-refractivity contribution < 1.29 is 14.4 Å². The number of pyridine rings is 1. The van der Waals surface area contributed by atoms with Crippen molar-refractivity contribution in [3.8, 4) is 0 Å². The van der Waals surface area contributed by atoms with Gasteiger partial charge in [0.1, 0.15) is 0 Å². The zero-order valence-corrected chi connectivity index (χ0v) is 9.04. The van der Waals surface area contributed by atoms with Gasteiger partial charge in [-0.05, 0) is 12.1 Å². The van der Waals surface area contributed by atoms with E-state index in [-0.39, 0.29) is 12.2 Å². The molecule has 0 aliphatic rings. The Bertz CT molecular complexity index is 538. The van der Waals surface area contributed by atoms with Gasteiger partial charge in [-0.15, -0.1) is 0 Å². The molecule has 0 amide bonds. The lowest BCUT2D eigenvalue weighted by Crippen LogP contribution is -2.08. The summed E-state index contributed by atoms with van der Waals surface area (Å²) in [6.45, 7) is 1.96. The van der Waals surface area contributed by atoms with Gasteiger partial charge in [0.05, 0.1) is 12.2 Å². The van der Waals surface area contributed by atoms with E-state index in [2.05, 4.69) is 20.4 Å². The lowest BCUT2D eigenvalue weighted by atomic mass is 10.3. The molecule has 0 aromatic carbocycles. The predicted octanol–water partition coefficient (Wildman–Crippen LogP) is 1.08. The van der Waals surface area contributed by atoms with Crippen LogP contribution >= 0.6 is 0 Å². The molecular formula is C10H10N4O3. The fourth-order valence-electron chi connectivity index (χ4n) is 1.31. The average Bonchev–Trinajstić information content (AvgIpc) is 2.73. The molecule has 0 fully saturated rings. The summed E-state index contributed by atoms with van der Waals surface area (Å²) in [5, 5.41) is 15.5. The highest BCUT2D eigenvalue weighted by atomic mass is 16.5. The number of nitrogens with zero attached hydrogens (tertiary/aromatic N) is 3. The molecule has 0 bridgehead atoms. The van der Waals surface area contributed by atoms with Gasteiger partial charge in [0.25, 0.3) is 0 Å². The average molecular weight is 234 g/mol. The van der Waals surface area contributed by atoms with E-state index in [9.17, 15) is 4.79 Å². The van der Waals surface area contributed by atoms with Crippen LogP contribution in [0.5, 0.6) is 0 Å². The van der Waals surface area contributed by atoms with Crippen LogP contribution in [-0.4, -0.2) is 26.2 Å². The summed E-state index contributed by atoms with van der Waals surface area (Å²) in [5.74, 6) is -0.161. The molecule has 2 rings (SSSR count). The van der Waals surface area contributed by atoms with Gasteiger partial charge >= 0.3 is 5.97 Å². The Morgan fingerprint density at radius 2 is 2.41 bits per heavy atom. The Kier molecular flexibility index (Phi) is 2.99. The Labute approximate surface area is 96.5 Å². The van der Waals surface area contributed by atoms with Crippen molar-refractivity contribution in [1.82, 2.24) is 15.1 Å². The van der Waals surface area contributed by atoms with Crippen LogP contribution in [-0.2, 0) is 6.54 Å². The number of anilines is 1. The molecule has 0 unspecified atom stereocenters. The molecule has 0 saturated heterocycles. The number of aryl methyl sites for hydroxylation is 1. The van der Waals surface area contributed by atoms with Crippen LogP contribution in [0.15, 0.2) is 22.9 Å². The maximum absolute atomic E-state index is 10.9. The lowest BCUT2D eigenvalue weighted by Gasteiger charge is -2.05. The van der Waals surface area contributed by atoms with Gasteiger partial charge < -0.3 is 14.9 Å². The van der Waals surface area contributed by atoms with E-state index in [1.54, 1.807) is 19.1 Å². The van der Waals surface area contributed by atoms with E-state index in [1.165, 1.54) is 6.20 Å². The predicted molar refractivity (Wildman–Crippen MR) is 57.6 cm³/mol. The van der Waals surface area contributed by atoms with Gasteiger partial charge in [-0.2, -0.15) is 4.98 Å². The number of hydrogen-bond acceptors (Lipinski definition) is 6. The second kappa shape index (κ2) is 4.60. The zero-order chi connectivity index (χ0) is 12.3. The third-order valence-corrected chi connectivity index (χ3v) is 2.02. The van der Waals surface area contributed by atoms with Crippen molar-refractivity contribution in [3.63, 3.8) is 0 Å². The number of carboxylic acid groups (broad SMARTS) is 1. The second-order valence-corrected chi connectivity index (χ2v) is 3.29. The summed E-state index contributed by atoms with van der Waals surface area (Å²) < 4.78 is 4.80. The topological polar surface area (TPSA) is 101 Å². The number of rotatable bonds is 4. The van der Waals surface area contributed by atoms with Crippen LogP contribution in [0.25, 0.3) is 0 Å². The molecule has 0 spiro atoms. The molecule has 0 aliphatic carbocycles. The minimum Gasteiger partial charge on any atom is -0.476 e. The molecule has 0 aliphatic heterocycles. The van der Waals surface area contributed by atoms with Crippen LogP contribution in [0, 0.1) is 6.92 Å². The number of aromatic nitrogens is 3. The molecule has 17 heavy (non-hydrogen) atoms. The van der Waals surface area contributed by atoms with E-state index >= 15 is 0 Å². The normalized spacial score (nSPS) is 10.2. The molecule has 0 atom stereocenters. The fraction of sp³-hybridized carbons (Fsp3) is 0.200. The first-order chi connectivity index (χ1) is 8.16. The van der Waals surface area contributed by atoms with Crippen LogP contribution in [0.4, 0.5) is 5.69 Å². The van der Waals surface area contributed by atoms with Crippen molar-refractivity contribution in [2.75, 3.05) is 5.32 Å². The number of hydrogen-bond donors (Lipinski definition) is 2. The first-order valence-corrected chi connectivity index (χ1v) is 4.88. The van der Waals surface area contributed by atoms with Crippen LogP contribution in [0.2, 0.25) is 0 Å². The molecule has 0 saturated carbocycles. The molecule has 2 N–H and O–H groups in total. The van der Waals surface area contributed by atoms with Gasteiger partial charge in [-0.25, -0.2) is 9.78 Å². The van der Waals surface area contributed by atoms with E-state index in [1.807, 2.05) is 0 Å². The molecule has 2 heterocycles. The van der Waals surface area contributed by atoms with Crippen molar-refractivity contribution in [3.05, 3.63) is 35.7 Å². The molecule has 7 nitrogen and oxygen atoms in total. The smallest absolute Gasteiger partial charge is 0.356 e. The Morgan fingerprint density at radius 1 is 1.59 bits per heavy atom. The van der Waals surface area contributed by atoms with E-state index in [0.29, 0.717) is 17.4 Å². The number of carbonyl (C=O) groups is 1. The van der Waals surface area contributed by atoms with Crippen LogP contribution in [0.1, 0.15) is 22.2 Å². The van der Waals surface area contributed by atoms with Gasteiger partial charge in [0.2, 0.25) is 5.89 Å². The van der Waals surface area contributed by atoms with Crippen molar-refractivity contribution in [2.45, 2.75) is 13.5 Å². The molecule has 2 aromatic heterocycles. The summed E-state index contributed by atoms with van der Waals surface area (Å²) in [4.78, 5) is 18.6. The van der Waals surface area contributed by atoms with Gasteiger partial charge in [-0.1, -0.05) is 5.16 Å². The summed E-state index contributed by atoms with van der Waals surface area (Å²) in [6.07, 6.45) is 1.42. The minimum atomic E-state index is -1.09. The quantitative estimate of drug-likeness (QED) is 0.816. The molecule has 2 aromatic rings. The lowest BCUT2D eigenvalue weighted by molar-refractivity contribution is 0.0691. The third-order valence-electron chi connectivity index (χ3n) is 2.02. The van der Waals surface area contributed by atoms with Crippen LogP contribution < -0.4 is 5.32 Å². The highest BCUT2D eigenvalue weighted by molar-refractivity contribution is 5.91. The van der Waals surface area contributed by atoms with Crippen LogP contribution in [0.3, 0.4) is 0 Å². The zero-order valence-electron chi connectivity index (χ0n) is 9.04. The highest BCUT2D eigenvalue weighted by Crippen LogP contribution is 2.12. The fourth-order valence-corrected chi connectivity index (χ4v) is 1.31. The maximum Gasteiger partial charge on any atom is 0.356 e. The van der Waals surface area contributed by atoms with Gasteiger partial charge in [0.15, 0.2) is 11.5 Å². The Hall–Kier alpha value is -2.44. The summed E-state index contributed by atoms with van der Waals surface area (Å²) in [6, 6.07) is 3.28. The number of nitrogens with one attached hydrogen (secondary N) is 1. The highest BCUT2D eigenvalue weighted by Gasteiger charge is 2.11. The summed E-state index contributed by atoms with van der Waals surface area (Å²) in [5.41, 5.74) is 0.384. The Balaban J connectivity index is 2.11. The number of aromatic carboxylic acids is 1. The minimum absolute atomic E-state index is 0.0345. The first kappa shape index (κ1) is 11.1. The molecule has 7 heteroatoms. The van der Waals surface area contributed by atoms with E-state index in [4.69, 9.17) is 9.63 Å². The molecule has 88 valence electrons. The molecule has 0 radical (unpaired) electrons. The van der Waals surface area contributed by atoms with Gasteiger partial charge in [0, 0.05) is 13.1 Å². The van der Waals surface area contributed by atoms with Crippen molar-refractivity contribution in [2.24, 2.45) is 0 Å². The standard InChI is InChI=1S/C10H10N4O3/c1-6-13-8(14-17-6)5-12-7-3-2-4-11-9(7)10(15)16/h2-4,12H,5H2,1H3,(H,15,16).